The lowest BCUT2D eigenvalue weighted by Gasteiger charge is -2.09. The SMILES string of the molecule is O=C(O)/C=C/c1ccc(-c2cccc(C(F)(F)F)c2F)o1. The fourth-order valence-electron chi connectivity index (χ4n) is 1.68. The molecule has 0 atom stereocenters. The third-order valence-electron chi connectivity index (χ3n) is 2.59. The molecule has 0 amide bonds. The average molecular weight is 300 g/mol. The maximum absolute atomic E-state index is 13.9. The molecule has 1 aromatic heterocycles. The summed E-state index contributed by atoms with van der Waals surface area (Å²) in [5.41, 5.74) is -1.74. The van der Waals surface area contributed by atoms with Gasteiger partial charge in [0.2, 0.25) is 0 Å². The van der Waals surface area contributed by atoms with E-state index in [0.29, 0.717) is 6.07 Å². The Bertz CT molecular complexity index is 698. The first-order valence-electron chi connectivity index (χ1n) is 5.66. The van der Waals surface area contributed by atoms with Crippen molar-refractivity contribution in [3.05, 3.63) is 53.5 Å². The number of furan rings is 1. The molecule has 0 aliphatic rings. The Morgan fingerprint density at radius 1 is 1.19 bits per heavy atom. The molecule has 7 heteroatoms. The lowest BCUT2D eigenvalue weighted by Crippen LogP contribution is -2.08. The molecule has 1 N–H and O–H groups in total. The zero-order valence-corrected chi connectivity index (χ0v) is 10.3. The van der Waals surface area contributed by atoms with Gasteiger partial charge in [-0.25, -0.2) is 9.18 Å². The monoisotopic (exact) mass is 300 g/mol. The standard InChI is InChI=1S/C14H8F4O3/c15-13-9(2-1-3-10(13)14(16,17)18)11-6-4-8(21-11)5-7-12(19)20/h1-7H,(H,19,20)/b7-5+. The molecular weight excluding hydrogens is 292 g/mol. The predicted molar refractivity (Wildman–Crippen MR) is 65.8 cm³/mol. The molecule has 0 radical (unpaired) electrons. The topological polar surface area (TPSA) is 50.4 Å². The van der Waals surface area contributed by atoms with Gasteiger partial charge in [-0.05, 0) is 30.3 Å². The Morgan fingerprint density at radius 2 is 1.90 bits per heavy atom. The second-order valence-corrected chi connectivity index (χ2v) is 4.04. The van der Waals surface area contributed by atoms with Crippen LogP contribution in [0.15, 0.2) is 40.8 Å². The normalized spacial score (nSPS) is 12.0. The van der Waals surface area contributed by atoms with E-state index in [-0.39, 0.29) is 17.1 Å². The fourth-order valence-corrected chi connectivity index (χ4v) is 1.68. The van der Waals surface area contributed by atoms with E-state index in [9.17, 15) is 22.4 Å². The summed E-state index contributed by atoms with van der Waals surface area (Å²) >= 11 is 0. The summed E-state index contributed by atoms with van der Waals surface area (Å²) in [6.07, 6.45) is -2.90. The fraction of sp³-hybridized carbons (Fsp3) is 0.0714. The summed E-state index contributed by atoms with van der Waals surface area (Å²) < 4.78 is 56.8. The van der Waals surface area contributed by atoms with Crippen LogP contribution in [0.2, 0.25) is 0 Å². The smallest absolute Gasteiger partial charge is 0.419 e. The van der Waals surface area contributed by atoms with Crippen molar-refractivity contribution in [2.45, 2.75) is 6.18 Å². The van der Waals surface area contributed by atoms with Gasteiger partial charge in [-0.3, -0.25) is 0 Å². The third kappa shape index (κ3) is 3.31. The summed E-state index contributed by atoms with van der Waals surface area (Å²) in [6.45, 7) is 0. The summed E-state index contributed by atoms with van der Waals surface area (Å²) in [5, 5.41) is 8.46. The van der Waals surface area contributed by atoms with E-state index in [1.807, 2.05) is 0 Å². The molecule has 0 fully saturated rings. The van der Waals surface area contributed by atoms with Crippen LogP contribution >= 0.6 is 0 Å². The molecule has 2 aromatic rings. The Balaban J connectivity index is 2.42. The minimum atomic E-state index is -4.81. The van der Waals surface area contributed by atoms with Crippen LogP contribution in [-0.2, 0) is 11.0 Å². The molecule has 0 spiro atoms. The second-order valence-electron chi connectivity index (χ2n) is 4.04. The summed E-state index contributed by atoms with van der Waals surface area (Å²) in [7, 11) is 0. The highest BCUT2D eigenvalue weighted by atomic mass is 19.4. The maximum Gasteiger partial charge on any atom is 0.419 e. The van der Waals surface area contributed by atoms with Crippen molar-refractivity contribution in [3.63, 3.8) is 0 Å². The Hall–Kier alpha value is -2.57. The Kier molecular flexibility index (Phi) is 3.84. The van der Waals surface area contributed by atoms with Gasteiger partial charge in [-0.1, -0.05) is 6.07 Å². The largest absolute Gasteiger partial charge is 0.478 e. The van der Waals surface area contributed by atoms with Gasteiger partial charge in [0.15, 0.2) is 0 Å². The number of hydrogen-bond donors (Lipinski definition) is 1. The Morgan fingerprint density at radius 3 is 2.52 bits per heavy atom. The van der Waals surface area contributed by atoms with Gasteiger partial charge in [-0.2, -0.15) is 13.2 Å². The molecule has 0 aliphatic carbocycles. The van der Waals surface area contributed by atoms with Gasteiger partial charge in [0.25, 0.3) is 0 Å². The first kappa shape index (κ1) is 14.8. The van der Waals surface area contributed by atoms with Crippen molar-refractivity contribution in [3.8, 4) is 11.3 Å². The minimum Gasteiger partial charge on any atom is -0.478 e. The van der Waals surface area contributed by atoms with Crippen LogP contribution in [0.25, 0.3) is 17.4 Å². The van der Waals surface area contributed by atoms with Crippen LogP contribution in [0.5, 0.6) is 0 Å². The molecular formula is C14H8F4O3. The van der Waals surface area contributed by atoms with Gasteiger partial charge in [0.1, 0.15) is 17.3 Å². The number of carboxylic acid groups (broad SMARTS) is 1. The van der Waals surface area contributed by atoms with Crippen LogP contribution in [0, 0.1) is 5.82 Å². The molecule has 0 aliphatic heterocycles. The van der Waals surface area contributed by atoms with Crippen molar-refractivity contribution in [2.24, 2.45) is 0 Å². The zero-order chi connectivity index (χ0) is 15.6. The lowest BCUT2D eigenvalue weighted by atomic mass is 10.1. The van der Waals surface area contributed by atoms with Gasteiger partial charge in [0, 0.05) is 6.08 Å². The van der Waals surface area contributed by atoms with E-state index in [1.165, 1.54) is 12.1 Å². The number of aliphatic carboxylic acids is 1. The number of benzene rings is 1. The molecule has 0 bridgehead atoms. The van der Waals surface area contributed by atoms with Crippen molar-refractivity contribution < 1.29 is 31.9 Å². The number of rotatable bonds is 3. The molecule has 1 heterocycles. The van der Waals surface area contributed by atoms with Crippen LogP contribution in [0.1, 0.15) is 11.3 Å². The lowest BCUT2D eigenvalue weighted by molar-refractivity contribution is -0.140. The summed E-state index contributed by atoms with van der Waals surface area (Å²) in [5.74, 6) is -2.68. The zero-order valence-electron chi connectivity index (χ0n) is 10.3. The van der Waals surface area contributed by atoms with Crippen molar-refractivity contribution in [1.82, 2.24) is 0 Å². The van der Waals surface area contributed by atoms with Gasteiger partial charge < -0.3 is 9.52 Å². The maximum atomic E-state index is 13.9. The number of carbonyl (C=O) groups is 1. The summed E-state index contributed by atoms with van der Waals surface area (Å²) in [4.78, 5) is 10.3. The minimum absolute atomic E-state index is 0.0872. The molecule has 3 nitrogen and oxygen atoms in total. The van der Waals surface area contributed by atoms with E-state index in [0.717, 1.165) is 24.3 Å². The number of alkyl halides is 3. The number of carboxylic acids is 1. The highest BCUT2D eigenvalue weighted by molar-refractivity contribution is 5.84. The average Bonchev–Trinajstić information content (AvgIpc) is 2.83. The van der Waals surface area contributed by atoms with Crippen LogP contribution in [0.3, 0.4) is 0 Å². The third-order valence-corrected chi connectivity index (χ3v) is 2.59. The first-order chi connectivity index (χ1) is 9.79. The molecule has 0 unspecified atom stereocenters. The highest BCUT2D eigenvalue weighted by Gasteiger charge is 2.35. The van der Waals surface area contributed by atoms with Gasteiger partial charge in [0.05, 0.1) is 11.1 Å². The van der Waals surface area contributed by atoms with E-state index in [4.69, 9.17) is 9.52 Å². The van der Waals surface area contributed by atoms with Crippen LogP contribution < -0.4 is 0 Å². The molecule has 21 heavy (non-hydrogen) atoms. The Labute approximate surface area is 116 Å². The van der Waals surface area contributed by atoms with Gasteiger partial charge in [-0.15, -0.1) is 0 Å². The highest BCUT2D eigenvalue weighted by Crippen LogP contribution is 2.35. The van der Waals surface area contributed by atoms with E-state index < -0.39 is 23.5 Å². The van der Waals surface area contributed by atoms with E-state index in [2.05, 4.69) is 0 Å². The van der Waals surface area contributed by atoms with E-state index in [1.54, 1.807) is 0 Å². The van der Waals surface area contributed by atoms with Crippen molar-refractivity contribution in [1.29, 1.82) is 0 Å². The molecule has 0 saturated carbocycles. The van der Waals surface area contributed by atoms with Crippen LogP contribution in [0.4, 0.5) is 17.6 Å². The van der Waals surface area contributed by atoms with Crippen molar-refractivity contribution >= 4 is 12.0 Å². The van der Waals surface area contributed by atoms with E-state index >= 15 is 0 Å². The van der Waals surface area contributed by atoms with Gasteiger partial charge >= 0.3 is 12.1 Å². The summed E-state index contributed by atoms with van der Waals surface area (Å²) in [6, 6.07) is 5.44. The second kappa shape index (κ2) is 5.43. The van der Waals surface area contributed by atoms with Crippen molar-refractivity contribution in [2.75, 3.05) is 0 Å². The molecule has 0 saturated heterocycles. The quantitative estimate of drug-likeness (QED) is 0.682. The molecule has 1 aromatic carbocycles. The first-order valence-corrected chi connectivity index (χ1v) is 5.66. The molecule has 2 rings (SSSR count). The number of halogens is 4. The van der Waals surface area contributed by atoms with Crippen LogP contribution in [-0.4, -0.2) is 11.1 Å². The number of hydrogen-bond acceptors (Lipinski definition) is 2. The predicted octanol–water partition coefficient (Wildman–Crippen LogP) is 4.20. The molecule has 110 valence electrons.